The molecule has 1 amide bonds. The Morgan fingerprint density at radius 1 is 1.26 bits per heavy atom. The minimum Gasteiger partial charge on any atom is -0.494 e. The van der Waals surface area contributed by atoms with Gasteiger partial charge in [-0.15, -0.1) is 0 Å². The van der Waals surface area contributed by atoms with Crippen LogP contribution in [-0.4, -0.2) is 33.9 Å². The summed E-state index contributed by atoms with van der Waals surface area (Å²) < 4.78 is 37.4. The van der Waals surface area contributed by atoms with Crippen molar-refractivity contribution in [3.05, 3.63) is 52.4 Å². The second-order valence-corrected chi connectivity index (χ2v) is 8.90. The molecule has 0 spiro atoms. The first-order valence-corrected chi connectivity index (χ1v) is 12.7. The first kappa shape index (κ1) is 28.6. The molecule has 1 atom stereocenters. The summed E-state index contributed by atoms with van der Waals surface area (Å²) in [5, 5.41) is 10.5. The molecule has 38 heavy (non-hydrogen) atoms. The molecular weight excluding hydrogens is 514 g/mol. The van der Waals surface area contributed by atoms with Crippen LogP contribution in [0.1, 0.15) is 74.3 Å². The minimum absolute atomic E-state index is 0. The van der Waals surface area contributed by atoms with Crippen LogP contribution in [0.3, 0.4) is 0 Å². The van der Waals surface area contributed by atoms with Gasteiger partial charge in [0.2, 0.25) is 0 Å². The molecule has 0 radical (unpaired) electrons. The summed E-state index contributed by atoms with van der Waals surface area (Å²) in [5.41, 5.74) is 5.85. The number of thiazole rings is 1. The maximum Gasteiger partial charge on any atom is 0.280 e. The molecule has 3 heterocycles. The van der Waals surface area contributed by atoms with Gasteiger partial charge in [-0.25, -0.2) is 18.7 Å². The van der Waals surface area contributed by atoms with E-state index in [1.54, 1.807) is 6.20 Å². The predicted molar refractivity (Wildman–Crippen MR) is 144 cm³/mol. The third-order valence-electron chi connectivity index (χ3n) is 5.05. The van der Waals surface area contributed by atoms with Gasteiger partial charge in [-0.1, -0.05) is 37.0 Å². The molecule has 0 aromatic carbocycles. The van der Waals surface area contributed by atoms with Crippen LogP contribution in [0.2, 0.25) is 0 Å². The van der Waals surface area contributed by atoms with Gasteiger partial charge in [-0.2, -0.15) is 0 Å². The number of aromatic nitrogens is 3. The standard InChI is InChI=1S/C24H22F2N6O3S.C2H6.H2/c1-12(27)35-22(28)17-8-7-15(20(31-17)16-9-18(21(25)26)29-11-19(16)34-2)23(33)32-24-30-10-14(36-24)6-5-13-3-4-13;1-2;/h7-11,13,21-22,27H,3-4,28H2,1-2H3,(H,30,32,33);1-2H3;1H. The lowest BCUT2D eigenvalue weighted by atomic mass is 10.0. The number of nitrogens with two attached hydrogens (primary N) is 1. The zero-order chi connectivity index (χ0) is 27.8. The Hall–Kier alpha value is -3.95. The Balaban J connectivity index is 0.00000174. The first-order chi connectivity index (χ1) is 18.2. The molecule has 4 rings (SSSR count). The summed E-state index contributed by atoms with van der Waals surface area (Å²) in [7, 11) is 1.35. The Kier molecular flexibility index (Phi) is 9.81. The van der Waals surface area contributed by atoms with Gasteiger partial charge >= 0.3 is 0 Å². The van der Waals surface area contributed by atoms with Crippen LogP contribution in [0.25, 0.3) is 11.3 Å². The van der Waals surface area contributed by atoms with E-state index >= 15 is 0 Å². The van der Waals surface area contributed by atoms with Crippen molar-refractivity contribution in [2.75, 3.05) is 12.4 Å². The van der Waals surface area contributed by atoms with Crippen LogP contribution in [0, 0.1) is 23.2 Å². The van der Waals surface area contributed by atoms with E-state index in [2.05, 4.69) is 32.1 Å². The molecule has 0 bridgehead atoms. The van der Waals surface area contributed by atoms with Gasteiger partial charge in [-0.05, 0) is 31.0 Å². The SMILES string of the molecule is CC.COc1cnc(C(F)F)cc1-c1nc(C(N)OC(C)=N)ccc1C(=O)Nc1ncc(C#CC2CC2)s1.[HH]. The van der Waals surface area contributed by atoms with Crippen LogP contribution in [0.5, 0.6) is 5.75 Å². The number of hydrogen-bond donors (Lipinski definition) is 3. The summed E-state index contributed by atoms with van der Waals surface area (Å²) in [6.45, 7) is 5.40. The number of methoxy groups -OCH3 is 1. The van der Waals surface area contributed by atoms with E-state index in [0.29, 0.717) is 15.9 Å². The summed E-state index contributed by atoms with van der Waals surface area (Å²) >= 11 is 1.22. The number of alkyl halides is 2. The number of carbonyl (C=O) groups excluding carboxylic acids is 1. The molecular formula is C26H30F2N6O3S. The molecule has 202 valence electrons. The highest BCUT2D eigenvalue weighted by Crippen LogP contribution is 2.35. The van der Waals surface area contributed by atoms with Gasteiger partial charge in [0.15, 0.2) is 17.3 Å². The average Bonchev–Trinajstić information content (AvgIpc) is 3.64. The van der Waals surface area contributed by atoms with E-state index in [1.165, 1.54) is 37.5 Å². The highest BCUT2D eigenvalue weighted by atomic mass is 32.1. The number of carbonyl (C=O) groups is 1. The Morgan fingerprint density at radius 3 is 2.63 bits per heavy atom. The Morgan fingerprint density at radius 2 is 2.00 bits per heavy atom. The van der Waals surface area contributed by atoms with E-state index in [1.807, 2.05) is 13.8 Å². The zero-order valence-electron chi connectivity index (χ0n) is 21.3. The number of anilines is 1. The van der Waals surface area contributed by atoms with Crippen molar-refractivity contribution < 1.29 is 24.5 Å². The number of amides is 1. The highest BCUT2D eigenvalue weighted by Gasteiger charge is 2.24. The monoisotopic (exact) mass is 544 g/mol. The smallest absolute Gasteiger partial charge is 0.280 e. The van der Waals surface area contributed by atoms with E-state index in [9.17, 15) is 13.6 Å². The first-order valence-electron chi connectivity index (χ1n) is 11.8. The number of hydrogen-bond acceptors (Lipinski definition) is 9. The molecule has 0 aliphatic heterocycles. The lowest BCUT2D eigenvalue weighted by molar-refractivity contribution is 0.102. The molecule has 1 fully saturated rings. The predicted octanol–water partition coefficient (Wildman–Crippen LogP) is 5.80. The molecule has 1 aliphatic rings. The van der Waals surface area contributed by atoms with Gasteiger partial charge in [0.05, 0.1) is 41.3 Å². The van der Waals surface area contributed by atoms with Gasteiger partial charge in [0, 0.05) is 19.8 Å². The van der Waals surface area contributed by atoms with Crippen LogP contribution >= 0.6 is 11.3 Å². The highest BCUT2D eigenvalue weighted by molar-refractivity contribution is 7.16. The quantitative estimate of drug-likeness (QED) is 0.148. The van der Waals surface area contributed by atoms with Crippen LogP contribution in [0.4, 0.5) is 13.9 Å². The van der Waals surface area contributed by atoms with Crippen molar-refractivity contribution in [2.24, 2.45) is 11.7 Å². The fourth-order valence-electron chi connectivity index (χ4n) is 3.15. The number of ether oxygens (including phenoxy) is 2. The summed E-state index contributed by atoms with van der Waals surface area (Å²) in [4.78, 5) is 26.3. The summed E-state index contributed by atoms with van der Waals surface area (Å²) in [6, 6.07) is 4.01. The molecule has 9 nitrogen and oxygen atoms in total. The Bertz CT molecular complexity index is 1370. The fourth-order valence-corrected chi connectivity index (χ4v) is 3.83. The number of pyridine rings is 2. The number of nitrogens with zero attached hydrogens (tertiary/aromatic N) is 3. The van der Waals surface area contributed by atoms with E-state index in [0.717, 1.165) is 25.1 Å². The third kappa shape index (κ3) is 7.30. The molecule has 3 aromatic heterocycles. The summed E-state index contributed by atoms with van der Waals surface area (Å²) in [6.07, 6.45) is 0.937. The molecule has 4 N–H and O–H groups in total. The van der Waals surface area contributed by atoms with Crippen molar-refractivity contribution in [1.82, 2.24) is 15.0 Å². The second-order valence-electron chi connectivity index (χ2n) is 7.86. The van der Waals surface area contributed by atoms with Gasteiger partial charge in [0.25, 0.3) is 12.3 Å². The maximum absolute atomic E-state index is 13.4. The average molecular weight is 545 g/mol. The van der Waals surface area contributed by atoms with E-state index in [-0.39, 0.29) is 35.6 Å². The minimum atomic E-state index is -2.85. The van der Waals surface area contributed by atoms with Crippen molar-refractivity contribution in [3.8, 4) is 28.8 Å². The Labute approximate surface area is 224 Å². The van der Waals surface area contributed by atoms with E-state index < -0.39 is 24.3 Å². The van der Waals surface area contributed by atoms with Crippen molar-refractivity contribution in [2.45, 2.75) is 46.3 Å². The molecule has 1 aliphatic carbocycles. The van der Waals surface area contributed by atoms with Gasteiger partial charge < -0.3 is 9.47 Å². The van der Waals surface area contributed by atoms with Crippen LogP contribution in [0.15, 0.2) is 30.6 Å². The number of rotatable bonds is 7. The topological polar surface area (TPSA) is 136 Å². The molecule has 3 aromatic rings. The normalized spacial score (nSPS) is 12.9. The van der Waals surface area contributed by atoms with Gasteiger partial charge in [-0.3, -0.25) is 26.2 Å². The van der Waals surface area contributed by atoms with Crippen molar-refractivity contribution in [3.63, 3.8) is 0 Å². The molecule has 1 unspecified atom stereocenters. The molecule has 1 saturated carbocycles. The molecule has 12 heteroatoms. The fraction of sp³-hybridized carbons (Fsp3) is 0.346. The van der Waals surface area contributed by atoms with E-state index in [4.69, 9.17) is 20.6 Å². The van der Waals surface area contributed by atoms with Crippen molar-refractivity contribution in [1.29, 1.82) is 5.41 Å². The molecule has 0 saturated heterocycles. The van der Waals surface area contributed by atoms with Gasteiger partial charge in [0.1, 0.15) is 11.4 Å². The second kappa shape index (κ2) is 13.0. The maximum atomic E-state index is 13.4. The largest absolute Gasteiger partial charge is 0.494 e. The lowest BCUT2D eigenvalue weighted by Crippen LogP contribution is -2.20. The van der Waals surface area contributed by atoms with Crippen molar-refractivity contribution >= 4 is 28.3 Å². The summed E-state index contributed by atoms with van der Waals surface area (Å²) in [5.74, 6) is 6.03. The zero-order valence-corrected chi connectivity index (χ0v) is 22.2. The van der Waals surface area contributed by atoms with Crippen LogP contribution in [-0.2, 0) is 4.74 Å². The van der Waals surface area contributed by atoms with Crippen LogP contribution < -0.4 is 15.8 Å². The third-order valence-corrected chi connectivity index (χ3v) is 5.88. The number of halogens is 2. The lowest BCUT2D eigenvalue weighted by Gasteiger charge is -2.17. The number of nitrogens with one attached hydrogen (secondary N) is 2.